The van der Waals surface area contributed by atoms with E-state index >= 15 is 0 Å². The van der Waals surface area contributed by atoms with Crippen molar-refractivity contribution in [2.75, 3.05) is 7.11 Å². The Balaban J connectivity index is 1.67. The molecule has 0 unspecified atom stereocenters. The second-order valence-corrected chi connectivity index (χ2v) is 8.82. The molecular weight excluding hydrogens is 272 g/mol. The molecule has 0 spiro atoms. The fourth-order valence-electron chi connectivity index (χ4n) is 6.90. The molecule has 4 aliphatic rings. The smallest absolute Gasteiger partial charge is 0.155 e. The Morgan fingerprint density at radius 2 is 1.86 bits per heavy atom. The van der Waals surface area contributed by atoms with Gasteiger partial charge in [0.1, 0.15) is 0 Å². The van der Waals surface area contributed by atoms with Gasteiger partial charge in [0.25, 0.3) is 0 Å². The van der Waals surface area contributed by atoms with Crippen LogP contribution in [0.2, 0.25) is 0 Å². The number of allylic oxidation sites excluding steroid dienone is 1. The highest BCUT2D eigenvalue weighted by Gasteiger charge is 2.59. The number of ether oxygens (including phenoxy) is 1. The van der Waals surface area contributed by atoms with Gasteiger partial charge in [-0.2, -0.15) is 0 Å². The van der Waals surface area contributed by atoms with Crippen LogP contribution in [0, 0.1) is 28.6 Å². The Morgan fingerprint density at radius 1 is 1.05 bits per heavy atom. The lowest BCUT2D eigenvalue weighted by Crippen LogP contribution is -2.51. The van der Waals surface area contributed by atoms with E-state index in [9.17, 15) is 4.79 Å². The van der Waals surface area contributed by atoms with Crippen LogP contribution in [-0.4, -0.2) is 19.0 Å². The summed E-state index contributed by atoms with van der Waals surface area (Å²) in [6.45, 7) is 4.96. The Labute approximate surface area is 134 Å². The highest BCUT2D eigenvalue weighted by atomic mass is 16.5. The zero-order valence-corrected chi connectivity index (χ0v) is 14.4. The maximum atomic E-state index is 11.8. The summed E-state index contributed by atoms with van der Waals surface area (Å²) in [5.74, 6) is 2.86. The van der Waals surface area contributed by atoms with Crippen molar-refractivity contribution in [2.24, 2.45) is 28.6 Å². The van der Waals surface area contributed by atoms with Crippen molar-refractivity contribution in [1.82, 2.24) is 0 Å². The summed E-state index contributed by atoms with van der Waals surface area (Å²) in [6, 6.07) is 0. The predicted molar refractivity (Wildman–Crippen MR) is 87.5 cm³/mol. The van der Waals surface area contributed by atoms with Crippen LogP contribution in [0.25, 0.3) is 0 Å². The lowest BCUT2D eigenvalue weighted by molar-refractivity contribution is -0.118. The topological polar surface area (TPSA) is 26.3 Å². The first-order valence-electron chi connectivity index (χ1n) is 9.26. The number of rotatable bonds is 1. The molecule has 0 aromatic carbocycles. The largest absolute Gasteiger partial charge is 0.381 e. The number of carbonyl (C=O) groups is 1. The van der Waals surface area contributed by atoms with Crippen LogP contribution < -0.4 is 0 Å². The van der Waals surface area contributed by atoms with Crippen molar-refractivity contribution in [3.05, 3.63) is 11.6 Å². The predicted octanol–water partition coefficient (Wildman–Crippen LogP) is 4.53. The molecule has 0 heterocycles. The summed E-state index contributed by atoms with van der Waals surface area (Å²) in [5, 5.41) is 0. The van der Waals surface area contributed by atoms with E-state index in [2.05, 4.69) is 13.8 Å². The fourth-order valence-corrected chi connectivity index (χ4v) is 6.90. The summed E-state index contributed by atoms with van der Waals surface area (Å²) >= 11 is 0. The normalized spacial score (nSPS) is 50.9. The van der Waals surface area contributed by atoms with Gasteiger partial charge in [-0.1, -0.05) is 19.4 Å². The van der Waals surface area contributed by atoms with Crippen molar-refractivity contribution < 1.29 is 9.53 Å². The fraction of sp³-hybridized carbons (Fsp3) is 0.850. The van der Waals surface area contributed by atoms with Crippen LogP contribution >= 0.6 is 0 Å². The minimum absolute atomic E-state index is 0.309. The minimum atomic E-state index is 0.309. The molecule has 4 rings (SSSR count). The van der Waals surface area contributed by atoms with Gasteiger partial charge in [0.05, 0.1) is 6.10 Å². The SMILES string of the molecule is CO[C@H]1CC[C@H]2[C@@H]3CCC4=CC(=O)CC[C@]4(C)[C@H]3CC[C@]12C. The third-order valence-corrected chi connectivity index (χ3v) is 8.16. The summed E-state index contributed by atoms with van der Waals surface area (Å²) in [7, 11) is 1.90. The Hall–Kier alpha value is -0.630. The van der Waals surface area contributed by atoms with Gasteiger partial charge in [0.2, 0.25) is 0 Å². The third kappa shape index (κ3) is 1.85. The number of fused-ring (bicyclic) bond motifs is 5. The van der Waals surface area contributed by atoms with Gasteiger partial charge in [0.15, 0.2) is 5.78 Å². The van der Waals surface area contributed by atoms with E-state index in [1.54, 1.807) is 0 Å². The van der Waals surface area contributed by atoms with Crippen LogP contribution in [0.5, 0.6) is 0 Å². The maximum Gasteiger partial charge on any atom is 0.155 e. The van der Waals surface area contributed by atoms with Crippen LogP contribution in [0.15, 0.2) is 11.6 Å². The first-order valence-corrected chi connectivity index (χ1v) is 9.26. The van der Waals surface area contributed by atoms with Gasteiger partial charge < -0.3 is 4.74 Å². The van der Waals surface area contributed by atoms with Gasteiger partial charge in [-0.05, 0) is 79.6 Å². The Kier molecular flexibility index (Phi) is 3.35. The van der Waals surface area contributed by atoms with Gasteiger partial charge in [-0.15, -0.1) is 0 Å². The summed E-state index contributed by atoms with van der Waals surface area (Å²) < 4.78 is 5.85. The molecule has 0 bridgehead atoms. The first kappa shape index (κ1) is 14.9. The molecule has 0 saturated heterocycles. The molecule has 0 amide bonds. The minimum Gasteiger partial charge on any atom is -0.381 e. The number of ketones is 1. The van der Waals surface area contributed by atoms with E-state index in [-0.39, 0.29) is 0 Å². The number of methoxy groups -OCH3 is 1. The standard InChI is InChI=1S/C20H30O2/c1-19-10-8-14(21)12-13(19)4-5-15-16-6-7-18(22-3)20(16,2)11-9-17(15)19/h12,15-18H,4-11H2,1-3H3/t15-,16-,17-,18-,19-,20-/m0/s1. The lowest BCUT2D eigenvalue weighted by Gasteiger charge is -2.57. The molecular formula is C20H30O2. The van der Waals surface area contributed by atoms with Gasteiger partial charge in [-0.25, -0.2) is 0 Å². The number of hydrogen-bond acceptors (Lipinski definition) is 2. The molecule has 3 fully saturated rings. The van der Waals surface area contributed by atoms with E-state index in [1.807, 2.05) is 13.2 Å². The van der Waals surface area contributed by atoms with Gasteiger partial charge >= 0.3 is 0 Å². The molecule has 3 saturated carbocycles. The molecule has 0 aromatic heterocycles. The van der Waals surface area contributed by atoms with Gasteiger partial charge in [-0.3, -0.25) is 4.79 Å². The molecule has 2 nitrogen and oxygen atoms in total. The zero-order valence-electron chi connectivity index (χ0n) is 14.4. The van der Waals surface area contributed by atoms with Crippen molar-refractivity contribution in [3.63, 3.8) is 0 Å². The van der Waals surface area contributed by atoms with Crippen molar-refractivity contribution in [2.45, 2.75) is 71.3 Å². The number of hydrogen-bond donors (Lipinski definition) is 0. The second-order valence-electron chi connectivity index (χ2n) is 8.82. The molecule has 0 N–H and O–H groups in total. The van der Waals surface area contributed by atoms with E-state index in [0.29, 0.717) is 22.7 Å². The second kappa shape index (κ2) is 4.93. The van der Waals surface area contributed by atoms with Crippen LogP contribution in [0.3, 0.4) is 0 Å². The summed E-state index contributed by atoms with van der Waals surface area (Å²) in [4.78, 5) is 11.8. The quantitative estimate of drug-likeness (QED) is 0.711. The average Bonchev–Trinajstić information content (AvgIpc) is 2.84. The van der Waals surface area contributed by atoms with Crippen molar-refractivity contribution in [3.8, 4) is 0 Å². The van der Waals surface area contributed by atoms with Crippen LogP contribution in [0.4, 0.5) is 0 Å². The van der Waals surface area contributed by atoms with E-state index in [4.69, 9.17) is 4.74 Å². The van der Waals surface area contributed by atoms with Crippen LogP contribution in [-0.2, 0) is 9.53 Å². The van der Waals surface area contributed by atoms with Gasteiger partial charge in [0, 0.05) is 13.5 Å². The lowest BCUT2D eigenvalue weighted by atomic mass is 9.47. The molecule has 2 heteroatoms. The molecule has 0 aromatic rings. The highest BCUT2D eigenvalue weighted by molar-refractivity contribution is 5.91. The molecule has 122 valence electrons. The van der Waals surface area contributed by atoms with Crippen molar-refractivity contribution >= 4 is 5.78 Å². The molecule has 0 aliphatic heterocycles. The summed E-state index contributed by atoms with van der Waals surface area (Å²) in [6.07, 6.45) is 12.1. The molecule has 4 aliphatic carbocycles. The number of carbonyl (C=O) groups excluding carboxylic acids is 1. The molecule has 0 radical (unpaired) electrons. The van der Waals surface area contributed by atoms with Crippen molar-refractivity contribution in [1.29, 1.82) is 0 Å². The maximum absolute atomic E-state index is 11.8. The van der Waals surface area contributed by atoms with E-state index in [1.165, 1.54) is 37.7 Å². The monoisotopic (exact) mass is 302 g/mol. The third-order valence-electron chi connectivity index (χ3n) is 8.16. The molecule has 6 atom stereocenters. The summed E-state index contributed by atoms with van der Waals surface area (Å²) in [5.41, 5.74) is 2.19. The van der Waals surface area contributed by atoms with E-state index < -0.39 is 0 Å². The van der Waals surface area contributed by atoms with E-state index in [0.717, 1.165) is 37.0 Å². The Bertz CT molecular complexity index is 522. The zero-order chi connectivity index (χ0) is 15.5. The Morgan fingerprint density at radius 3 is 2.64 bits per heavy atom. The average molecular weight is 302 g/mol. The molecule has 22 heavy (non-hydrogen) atoms. The first-order chi connectivity index (χ1) is 10.5. The highest BCUT2D eigenvalue weighted by Crippen LogP contribution is 2.65. The van der Waals surface area contributed by atoms with Crippen LogP contribution in [0.1, 0.15) is 65.2 Å².